The Bertz CT molecular complexity index is 2780. The average Bonchev–Trinajstić information content (AvgIpc) is 3.58. The topological polar surface area (TPSA) is 15.3 Å². The Morgan fingerprint density at radius 2 is 0.941 bits per heavy atom. The summed E-state index contributed by atoms with van der Waals surface area (Å²) in [7, 11) is 0. The molecule has 0 radical (unpaired) electrons. The lowest BCUT2D eigenvalue weighted by Gasteiger charge is -2.26. The summed E-state index contributed by atoms with van der Waals surface area (Å²) in [6, 6.07) is 64.9. The summed E-state index contributed by atoms with van der Waals surface area (Å²) < 4.78 is 0. The maximum atomic E-state index is 3.75. The Morgan fingerprint density at radius 3 is 1.59 bits per heavy atom. The highest BCUT2D eigenvalue weighted by Gasteiger charge is 2.28. The quantitative estimate of drug-likeness (QED) is 0.186. The van der Waals surface area contributed by atoms with Crippen molar-refractivity contribution in [3.05, 3.63) is 181 Å². The highest BCUT2D eigenvalue weighted by Crippen LogP contribution is 2.46. The Balaban J connectivity index is 1.17. The smallest absolute Gasteiger partial charge is 0.126 e. The van der Waals surface area contributed by atoms with Crippen LogP contribution < -0.4 is 10.2 Å². The summed E-state index contributed by atoms with van der Waals surface area (Å²) in [5, 5.41) is 13.8. The molecule has 0 saturated carbocycles. The third kappa shape index (κ3) is 4.87. The van der Waals surface area contributed by atoms with Gasteiger partial charge in [-0.25, -0.2) is 0 Å². The molecule has 1 N–H and O–H groups in total. The Labute approximate surface area is 298 Å². The normalized spacial score (nSPS) is 14.0. The largest absolute Gasteiger partial charge is 0.360 e. The van der Waals surface area contributed by atoms with Crippen LogP contribution in [0.5, 0.6) is 0 Å². The van der Waals surface area contributed by atoms with E-state index in [1.807, 2.05) is 0 Å². The SMILES string of the molecule is CCN1c2ccccc2NC1c1ccc(-c2ccc3c(-c4ccc5ccccc5c4)c4ccccc4c(-c4ccc5ccccc5c4)c3c2)cc1. The number of hydrogen-bond donors (Lipinski definition) is 1. The predicted octanol–water partition coefficient (Wildman–Crippen LogP) is 13.3. The van der Waals surface area contributed by atoms with Crippen molar-refractivity contribution >= 4 is 54.5 Å². The van der Waals surface area contributed by atoms with E-state index in [1.54, 1.807) is 0 Å². The molecule has 1 aliphatic heterocycles. The average molecular weight is 653 g/mol. The Kier molecular flexibility index (Phi) is 6.89. The molecule has 1 heterocycles. The number of benzene rings is 9. The molecule has 1 atom stereocenters. The maximum Gasteiger partial charge on any atom is 0.126 e. The van der Waals surface area contributed by atoms with Gasteiger partial charge in [0, 0.05) is 6.54 Å². The molecule has 0 bridgehead atoms. The number of anilines is 2. The van der Waals surface area contributed by atoms with Gasteiger partial charge in [0.15, 0.2) is 0 Å². The predicted molar refractivity (Wildman–Crippen MR) is 219 cm³/mol. The monoisotopic (exact) mass is 652 g/mol. The molecule has 0 fully saturated rings. The highest BCUT2D eigenvalue weighted by atomic mass is 15.3. The van der Waals surface area contributed by atoms with Crippen LogP contribution >= 0.6 is 0 Å². The number of fused-ring (bicyclic) bond motifs is 5. The van der Waals surface area contributed by atoms with Gasteiger partial charge in [0.25, 0.3) is 0 Å². The summed E-state index contributed by atoms with van der Waals surface area (Å²) in [5.41, 5.74) is 11.2. The van der Waals surface area contributed by atoms with Gasteiger partial charge in [-0.3, -0.25) is 0 Å². The van der Waals surface area contributed by atoms with Crippen molar-refractivity contribution < 1.29 is 0 Å². The first-order chi connectivity index (χ1) is 25.2. The Hall–Kier alpha value is -6.38. The van der Waals surface area contributed by atoms with Crippen LogP contribution in [0.2, 0.25) is 0 Å². The number of hydrogen-bond acceptors (Lipinski definition) is 2. The molecule has 0 aliphatic carbocycles. The molecule has 242 valence electrons. The first-order valence-electron chi connectivity index (χ1n) is 17.9. The number of rotatable bonds is 5. The molecule has 2 nitrogen and oxygen atoms in total. The van der Waals surface area contributed by atoms with Gasteiger partial charge in [0.2, 0.25) is 0 Å². The molecule has 0 amide bonds. The lowest BCUT2D eigenvalue weighted by molar-refractivity contribution is 0.735. The van der Waals surface area contributed by atoms with Crippen LogP contribution in [-0.4, -0.2) is 6.54 Å². The zero-order valence-corrected chi connectivity index (χ0v) is 28.5. The number of nitrogens with one attached hydrogen (secondary N) is 1. The number of nitrogens with zero attached hydrogens (tertiary/aromatic N) is 1. The summed E-state index contributed by atoms with van der Waals surface area (Å²) >= 11 is 0. The molecule has 51 heavy (non-hydrogen) atoms. The van der Waals surface area contributed by atoms with Crippen LogP contribution in [0.1, 0.15) is 18.7 Å². The number of para-hydroxylation sites is 2. The molecule has 1 aliphatic rings. The Morgan fingerprint density at radius 1 is 0.431 bits per heavy atom. The molecule has 9 aromatic rings. The standard InChI is InChI=1S/C49H36N2/c1-2-51-46-18-10-9-17-45(46)50-49(51)35-23-19-34(20-24-35)38-27-28-43-44(31-38)48(40-26-22-33-12-4-6-14-37(33)30-40)42-16-8-7-15-41(42)47(43)39-25-21-32-11-3-5-13-36(32)29-39/h3-31,49-50H,2H2,1H3. The van der Waals surface area contributed by atoms with Crippen LogP contribution in [0, 0.1) is 0 Å². The van der Waals surface area contributed by atoms with E-state index in [4.69, 9.17) is 0 Å². The van der Waals surface area contributed by atoms with Crippen molar-refractivity contribution in [1.29, 1.82) is 0 Å². The zero-order chi connectivity index (χ0) is 33.9. The van der Waals surface area contributed by atoms with Crippen molar-refractivity contribution in [1.82, 2.24) is 0 Å². The van der Waals surface area contributed by atoms with Gasteiger partial charge in [0.05, 0.1) is 11.4 Å². The molecular weight excluding hydrogens is 617 g/mol. The van der Waals surface area contributed by atoms with E-state index in [0.29, 0.717) is 0 Å². The van der Waals surface area contributed by atoms with Crippen molar-refractivity contribution in [3.8, 4) is 33.4 Å². The molecule has 1 unspecified atom stereocenters. The minimum Gasteiger partial charge on any atom is -0.360 e. The van der Waals surface area contributed by atoms with Gasteiger partial charge >= 0.3 is 0 Å². The van der Waals surface area contributed by atoms with Crippen LogP contribution in [0.15, 0.2) is 176 Å². The van der Waals surface area contributed by atoms with Gasteiger partial charge in [-0.2, -0.15) is 0 Å². The third-order valence-corrected chi connectivity index (χ3v) is 10.8. The second-order valence-electron chi connectivity index (χ2n) is 13.7. The second-order valence-corrected chi connectivity index (χ2v) is 13.7. The third-order valence-electron chi connectivity index (χ3n) is 10.8. The fraction of sp³-hybridized carbons (Fsp3) is 0.0612. The van der Waals surface area contributed by atoms with Gasteiger partial charge in [-0.1, -0.05) is 146 Å². The molecule has 0 saturated heterocycles. The molecular formula is C49H36N2. The van der Waals surface area contributed by atoms with E-state index in [2.05, 4.69) is 193 Å². The first kappa shape index (κ1) is 29.5. The molecule has 0 aromatic heterocycles. The van der Waals surface area contributed by atoms with Crippen molar-refractivity contribution in [2.75, 3.05) is 16.8 Å². The van der Waals surface area contributed by atoms with Crippen molar-refractivity contribution in [2.24, 2.45) is 0 Å². The van der Waals surface area contributed by atoms with Gasteiger partial charge < -0.3 is 10.2 Å². The summed E-state index contributed by atoms with van der Waals surface area (Å²) in [5.74, 6) is 0. The fourth-order valence-corrected chi connectivity index (χ4v) is 8.35. The van der Waals surface area contributed by atoms with E-state index in [0.717, 1.165) is 6.54 Å². The molecule has 9 aromatic carbocycles. The van der Waals surface area contributed by atoms with Crippen LogP contribution in [0.25, 0.3) is 76.5 Å². The fourth-order valence-electron chi connectivity index (χ4n) is 8.35. The van der Waals surface area contributed by atoms with Crippen molar-refractivity contribution in [2.45, 2.75) is 13.1 Å². The maximum absolute atomic E-state index is 3.75. The van der Waals surface area contributed by atoms with E-state index < -0.39 is 0 Å². The van der Waals surface area contributed by atoms with Crippen molar-refractivity contribution in [3.63, 3.8) is 0 Å². The molecule has 10 rings (SSSR count). The summed E-state index contributed by atoms with van der Waals surface area (Å²) in [4.78, 5) is 2.44. The zero-order valence-electron chi connectivity index (χ0n) is 28.5. The van der Waals surface area contributed by atoms with E-state index in [9.17, 15) is 0 Å². The van der Waals surface area contributed by atoms with E-state index in [-0.39, 0.29) is 6.17 Å². The van der Waals surface area contributed by atoms with Crippen LogP contribution in [-0.2, 0) is 0 Å². The summed E-state index contributed by atoms with van der Waals surface area (Å²) in [6.07, 6.45) is 0.119. The molecule has 0 spiro atoms. The first-order valence-corrected chi connectivity index (χ1v) is 17.9. The van der Waals surface area contributed by atoms with Gasteiger partial charge in [-0.05, 0) is 119 Å². The summed E-state index contributed by atoms with van der Waals surface area (Å²) in [6.45, 7) is 3.16. The van der Waals surface area contributed by atoms with Gasteiger partial charge in [-0.15, -0.1) is 0 Å². The van der Waals surface area contributed by atoms with Crippen LogP contribution in [0.3, 0.4) is 0 Å². The highest BCUT2D eigenvalue weighted by molar-refractivity contribution is 6.22. The van der Waals surface area contributed by atoms with Gasteiger partial charge in [0.1, 0.15) is 6.17 Å². The van der Waals surface area contributed by atoms with E-state index >= 15 is 0 Å². The minimum atomic E-state index is 0.119. The minimum absolute atomic E-state index is 0.119. The lowest BCUT2D eigenvalue weighted by atomic mass is 9.84. The van der Waals surface area contributed by atoms with Crippen LogP contribution in [0.4, 0.5) is 11.4 Å². The van der Waals surface area contributed by atoms with E-state index in [1.165, 1.54) is 93.4 Å². The molecule has 2 heteroatoms. The second kappa shape index (κ2) is 11.9. The lowest BCUT2D eigenvalue weighted by Crippen LogP contribution is -2.27.